The smallest absolute Gasteiger partial charge is 0.0672 e. The Hall–Kier alpha value is -1.61. The largest absolute Gasteiger partial charge is 0.326 e. The molecule has 3 heteroatoms. The van der Waals surface area contributed by atoms with E-state index in [1.807, 2.05) is 4.68 Å². The van der Waals surface area contributed by atoms with Crippen LogP contribution in [0.3, 0.4) is 0 Å². The fourth-order valence-corrected chi connectivity index (χ4v) is 2.13. The monoisotopic (exact) mass is 243 g/mol. The van der Waals surface area contributed by atoms with E-state index in [1.165, 1.54) is 22.3 Å². The Bertz CT molecular complexity index is 553. The van der Waals surface area contributed by atoms with E-state index in [0.29, 0.717) is 12.6 Å². The van der Waals surface area contributed by atoms with Crippen molar-refractivity contribution < 1.29 is 0 Å². The summed E-state index contributed by atoms with van der Waals surface area (Å²) in [5, 5.41) is 4.57. The van der Waals surface area contributed by atoms with Gasteiger partial charge in [0.1, 0.15) is 0 Å². The number of aromatic nitrogens is 2. The Morgan fingerprint density at radius 1 is 1.22 bits per heavy atom. The van der Waals surface area contributed by atoms with E-state index in [-0.39, 0.29) is 0 Å². The summed E-state index contributed by atoms with van der Waals surface area (Å²) >= 11 is 0. The van der Waals surface area contributed by atoms with Crippen LogP contribution >= 0.6 is 0 Å². The molecule has 0 saturated heterocycles. The van der Waals surface area contributed by atoms with Crippen LogP contribution in [0.4, 0.5) is 0 Å². The molecule has 0 unspecified atom stereocenters. The number of hydrogen-bond acceptors (Lipinski definition) is 2. The summed E-state index contributed by atoms with van der Waals surface area (Å²) < 4.78 is 2.01. The lowest BCUT2D eigenvalue weighted by atomic mass is 9.98. The van der Waals surface area contributed by atoms with E-state index in [0.717, 1.165) is 5.69 Å². The summed E-state index contributed by atoms with van der Waals surface area (Å²) in [4.78, 5) is 0. The molecule has 1 heterocycles. The van der Waals surface area contributed by atoms with Crippen molar-refractivity contribution in [2.45, 2.75) is 40.3 Å². The minimum Gasteiger partial charge on any atom is -0.326 e. The van der Waals surface area contributed by atoms with Gasteiger partial charge in [0.05, 0.1) is 5.69 Å². The van der Waals surface area contributed by atoms with Crippen LogP contribution in [0.5, 0.6) is 0 Å². The molecule has 0 amide bonds. The average molecular weight is 243 g/mol. The molecule has 3 nitrogen and oxygen atoms in total. The Morgan fingerprint density at radius 3 is 2.50 bits per heavy atom. The number of nitrogens with zero attached hydrogens (tertiary/aromatic N) is 2. The molecule has 0 aliphatic heterocycles. The zero-order valence-corrected chi connectivity index (χ0v) is 11.6. The molecule has 0 atom stereocenters. The van der Waals surface area contributed by atoms with Crippen LogP contribution in [0.25, 0.3) is 11.1 Å². The fourth-order valence-electron chi connectivity index (χ4n) is 2.13. The van der Waals surface area contributed by atoms with Crippen molar-refractivity contribution in [1.29, 1.82) is 0 Å². The van der Waals surface area contributed by atoms with Gasteiger partial charge < -0.3 is 5.73 Å². The van der Waals surface area contributed by atoms with Crippen molar-refractivity contribution in [3.8, 4) is 11.1 Å². The Balaban J connectivity index is 2.57. The zero-order valence-electron chi connectivity index (χ0n) is 11.6. The molecule has 96 valence electrons. The number of nitrogens with two attached hydrogens (primary N) is 1. The molecule has 18 heavy (non-hydrogen) atoms. The topological polar surface area (TPSA) is 43.8 Å². The number of rotatable bonds is 3. The van der Waals surface area contributed by atoms with E-state index in [9.17, 15) is 0 Å². The van der Waals surface area contributed by atoms with Crippen molar-refractivity contribution in [1.82, 2.24) is 9.78 Å². The summed E-state index contributed by atoms with van der Waals surface area (Å²) in [5.41, 5.74) is 11.7. The SMILES string of the molecule is Cc1ccc(CN)c(-c2cn(C(C)C)nc2C)c1. The molecule has 1 aromatic carbocycles. The van der Waals surface area contributed by atoms with Gasteiger partial charge in [0.15, 0.2) is 0 Å². The van der Waals surface area contributed by atoms with Crippen molar-refractivity contribution in [2.24, 2.45) is 5.73 Å². The summed E-state index contributed by atoms with van der Waals surface area (Å²) in [5.74, 6) is 0. The maximum absolute atomic E-state index is 5.83. The first-order valence-corrected chi connectivity index (χ1v) is 6.38. The van der Waals surface area contributed by atoms with Crippen molar-refractivity contribution in [2.75, 3.05) is 0 Å². The molecule has 2 rings (SSSR count). The van der Waals surface area contributed by atoms with Crippen LogP contribution in [0.15, 0.2) is 24.4 Å². The number of benzene rings is 1. The highest BCUT2D eigenvalue weighted by Crippen LogP contribution is 2.28. The van der Waals surface area contributed by atoms with E-state index in [2.05, 4.69) is 57.2 Å². The molecule has 0 aliphatic carbocycles. The number of hydrogen-bond donors (Lipinski definition) is 1. The Morgan fingerprint density at radius 2 is 1.94 bits per heavy atom. The Labute approximate surface area is 109 Å². The summed E-state index contributed by atoms with van der Waals surface area (Å²) in [6.45, 7) is 8.98. The standard InChI is InChI=1S/C15H21N3/c1-10(2)18-9-15(12(4)17-18)14-7-11(3)5-6-13(14)8-16/h5-7,9-10H,8,16H2,1-4H3. The van der Waals surface area contributed by atoms with E-state index in [1.54, 1.807) is 0 Å². The van der Waals surface area contributed by atoms with E-state index >= 15 is 0 Å². The van der Waals surface area contributed by atoms with Gasteiger partial charge in [-0.05, 0) is 38.8 Å². The molecular formula is C15H21N3. The minimum atomic E-state index is 0.378. The van der Waals surface area contributed by atoms with Gasteiger partial charge in [0.2, 0.25) is 0 Å². The molecule has 2 aromatic rings. The molecule has 1 aromatic heterocycles. The van der Waals surface area contributed by atoms with Gasteiger partial charge in [-0.25, -0.2) is 0 Å². The van der Waals surface area contributed by atoms with Gasteiger partial charge in [0, 0.05) is 24.3 Å². The molecule has 2 N–H and O–H groups in total. The quantitative estimate of drug-likeness (QED) is 0.899. The molecule has 0 aliphatic rings. The second-order valence-corrected chi connectivity index (χ2v) is 5.07. The maximum atomic E-state index is 5.83. The molecular weight excluding hydrogens is 222 g/mol. The lowest BCUT2D eigenvalue weighted by Crippen LogP contribution is -2.00. The van der Waals surface area contributed by atoms with Gasteiger partial charge in [-0.1, -0.05) is 23.8 Å². The fraction of sp³-hybridized carbons (Fsp3) is 0.400. The lowest BCUT2D eigenvalue weighted by Gasteiger charge is -2.08. The van der Waals surface area contributed by atoms with Crippen molar-refractivity contribution >= 4 is 0 Å². The minimum absolute atomic E-state index is 0.378. The zero-order chi connectivity index (χ0) is 13.3. The summed E-state index contributed by atoms with van der Waals surface area (Å²) in [6.07, 6.45) is 2.12. The maximum Gasteiger partial charge on any atom is 0.0672 e. The average Bonchev–Trinajstić information content (AvgIpc) is 2.71. The predicted octanol–water partition coefficient (Wildman–Crippen LogP) is 3.21. The molecule has 0 radical (unpaired) electrons. The second-order valence-electron chi connectivity index (χ2n) is 5.07. The van der Waals surface area contributed by atoms with Crippen LogP contribution in [-0.2, 0) is 6.54 Å². The van der Waals surface area contributed by atoms with Gasteiger partial charge in [-0.2, -0.15) is 5.10 Å². The first-order valence-electron chi connectivity index (χ1n) is 6.38. The van der Waals surface area contributed by atoms with Crippen LogP contribution in [-0.4, -0.2) is 9.78 Å². The van der Waals surface area contributed by atoms with Crippen LogP contribution in [0.1, 0.15) is 36.7 Å². The third kappa shape index (κ3) is 2.31. The number of aryl methyl sites for hydroxylation is 2. The molecule has 0 spiro atoms. The van der Waals surface area contributed by atoms with Crippen molar-refractivity contribution in [3.05, 3.63) is 41.2 Å². The van der Waals surface area contributed by atoms with Crippen LogP contribution < -0.4 is 5.73 Å². The predicted molar refractivity (Wildman–Crippen MR) is 75.4 cm³/mol. The highest BCUT2D eigenvalue weighted by atomic mass is 15.3. The first kappa shape index (κ1) is 12.8. The lowest BCUT2D eigenvalue weighted by molar-refractivity contribution is 0.529. The van der Waals surface area contributed by atoms with E-state index < -0.39 is 0 Å². The summed E-state index contributed by atoms with van der Waals surface area (Å²) in [7, 11) is 0. The third-order valence-electron chi connectivity index (χ3n) is 3.22. The first-order chi connectivity index (χ1) is 8.52. The van der Waals surface area contributed by atoms with Crippen molar-refractivity contribution in [3.63, 3.8) is 0 Å². The van der Waals surface area contributed by atoms with Gasteiger partial charge in [0.25, 0.3) is 0 Å². The van der Waals surface area contributed by atoms with Gasteiger partial charge >= 0.3 is 0 Å². The van der Waals surface area contributed by atoms with Crippen LogP contribution in [0, 0.1) is 13.8 Å². The molecule has 0 saturated carbocycles. The molecule has 0 fully saturated rings. The normalized spacial score (nSPS) is 11.2. The molecule has 0 bridgehead atoms. The van der Waals surface area contributed by atoms with Crippen LogP contribution in [0.2, 0.25) is 0 Å². The highest BCUT2D eigenvalue weighted by molar-refractivity contribution is 5.69. The Kier molecular flexibility index (Phi) is 3.53. The summed E-state index contributed by atoms with van der Waals surface area (Å²) in [6, 6.07) is 6.78. The van der Waals surface area contributed by atoms with E-state index in [4.69, 9.17) is 5.73 Å². The third-order valence-corrected chi connectivity index (χ3v) is 3.22. The second kappa shape index (κ2) is 4.94. The van der Waals surface area contributed by atoms with Gasteiger partial charge in [-0.15, -0.1) is 0 Å². The highest BCUT2D eigenvalue weighted by Gasteiger charge is 2.12. The van der Waals surface area contributed by atoms with Gasteiger partial charge in [-0.3, -0.25) is 4.68 Å².